The van der Waals surface area contributed by atoms with Gasteiger partial charge in [0.1, 0.15) is 0 Å². The molecule has 1 saturated heterocycles. The Bertz CT molecular complexity index is 1100. The normalized spacial score (nSPS) is 14.1. The molecule has 0 unspecified atom stereocenters. The Morgan fingerprint density at radius 2 is 2.04 bits per heavy atom. The lowest BCUT2D eigenvalue weighted by atomic mass is 10.1. The molecule has 7 heteroatoms. The first-order valence-corrected chi connectivity index (χ1v) is 9.73. The average molecular weight is 381 g/mol. The van der Waals surface area contributed by atoms with Crippen LogP contribution in [0.4, 0.5) is 11.4 Å². The van der Waals surface area contributed by atoms with Crippen LogP contribution < -0.4 is 15.1 Å². The summed E-state index contributed by atoms with van der Waals surface area (Å²) in [5, 5.41) is 2.88. The minimum atomic E-state index is -0.245. The molecule has 1 aromatic heterocycles. The minimum Gasteiger partial charge on any atom is -0.322 e. The van der Waals surface area contributed by atoms with E-state index in [1.165, 1.54) is 11.3 Å². The first-order chi connectivity index (χ1) is 13.1. The smallest absolute Gasteiger partial charge is 0.308 e. The lowest BCUT2D eigenvalue weighted by Gasteiger charge is -2.16. The van der Waals surface area contributed by atoms with Crippen LogP contribution in [0, 0.1) is 0 Å². The maximum absolute atomic E-state index is 12.6. The molecule has 1 aliphatic rings. The summed E-state index contributed by atoms with van der Waals surface area (Å²) in [6, 6.07) is 12.6. The summed E-state index contributed by atoms with van der Waals surface area (Å²) >= 11 is 1.17. The molecule has 2 heterocycles. The zero-order chi connectivity index (χ0) is 19.0. The predicted octanol–water partition coefficient (Wildman–Crippen LogP) is 3.46. The molecule has 4 rings (SSSR count). The topological polar surface area (TPSA) is 71.4 Å². The molecule has 1 aliphatic heterocycles. The van der Waals surface area contributed by atoms with Crippen LogP contribution in [0.1, 0.15) is 30.1 Å². The molecule has 1 fully saturated rings. The van der Waals surface area contributed by atoms with E-state index in [1.54, 1.807) is 33.7 Å². The van der Waals surface area contributed by atoms with Gasteiger partial charge in [-0.1, -0.05) is 17.4 Å². The molecule has 0 spiro atoms. The van der Waals surface area contributed by atoms with Crippen LogP contribution in [0.2, 0.25) is 0 Å². The highest BCUT2D eigenvalue weighted by Crippen LogP contribution is 2.24. The van der Waals surface area contributed by atoms with Gasteiger partial charge in [0.15, 0.2) is 0 Å². The molecule has 2 aromatic carbocycles. The molecule has 0 radical (unpaired) electrons. The van der Waals surface area contributed by atoms with Crippen molar-refractivity contribution in [1.29, 1.82) is 0 Å². The van der Waals surface area contributed by atoms with E-state index in [2.05, 4.69) is 5.32 Å². The highest BCUT2D eigenvalue weighted by molar-refractivity contribution is 7.16. The number of anilines is 2. The average Bonchev–Trinajstić information content (AvgIpc) is 3.23. The summed E-state index contributed by atoms with van der Waals surface area (Å²) in [5.74, 6) is -0.154. The van der Waals surface area contributed by atoms with Crippen molar-refractivity contribution < 1.29 is 9.59 Å². The fraction of sp³-hybridized carbons (Fsp3) is 0.250. The summed E-state index contributed by atoms with van der Waals surface area (Å²) in [6.07, 6.45) is 1.40. The first-order valence-electron chi connectivity index (χ1n) is 8.92. The molecule has 0 bridgehead atoms. The molecular formula is C20H19N3O3S. The number of nitrogens with zero attached hydrogens (tertiary/aromatic N) is 2. The molecule has 2 amide bonds. The van der Waals surface area contributed by atoms with Gasteiger partial charge < -0.3 is 10.2 Å². The van der Waals surface area contributed by atoms with E-state index in [1.807, 2.05) is 25.1 Å². The van der Waals surface area contributed by atoms with E-state index >= 15 is 0 Å². The van der Waals surface area contributed by atoms with Crippen molar-refractivity contribution in [2.75, 3.05) is 16.8 Å². The van der Waals surface area contributed by atoms with Gasteiger partial charge in [0.05, 0.1) is 10.2 Å². The minimum absolute atomic E-state index is 0.000965. The van der Waals surface area contributed by atoms with E-state index in [0.717, 1.165) is 22.3 Å². The van der Waals surface area contributed by atoms with Gasteiger partial charge in [-0.05, 0) is 49.7 Å². The summed E-state index contributed by atoms with van der Waals surface area (Å²) in [7, 11) is 0. The third kappa shape index (κ3) is 3.26. The molecule has 3 aromatic rings. The molecule has 0 saturated carbocycles. The van der Waals surface area contributed by atoms with Crippen molar-refractivity contribution in [3.8, 4) is 0 Å². The molecule has 0 aliphatic carbocycles. The van der Waals surface area contributed by atoms with E-state index in [0.29, 0.717) is 30.8 Å². The number of fused-ring (bicyclic) bond motifs is 1. The Hall–Kier alpha value is -2.93. The van der Waals surface area contributed by atoms with Gasteiger partial charge in [0, 0.05) is 36.4 Å². The maximum Gasteiger partial charge on any atom is 0.308 e. The number of hydrogen-bond acceptors (Lipinski definition) is 4. The Morgan fingerprint density at radius 3 is 2.78 bits per heavy atom. The Balaban J connectivity index is 1.58. The third-order valence-corrected chi connectivity index (χ3v) is 5.68. The number of aromatic nitrogens is 1. The van der Waals surface area contributed by atoms with Crippen molar-refractivity contribution in [1.82, 2.24) is 4.57 Å². The Morgan fingerprint density at radius 1 is 1.19 bits per heavy atom. The summed E-state index contributed by atoms with van der Waals surface area (Å²) in [5.41, 5.74) is 2.75. The Kier molecular flexibility index (Phi) is 4.53. The van der Waals surface area contributed by atoms with E-state index < -0.39 is 0 Å². The van der Waals surface area contributed by atoms with Crippen LogP contribution in [-0.2, 0) is 11.3 Å². The highest BCUT2D eigenvalue weighted by Gasteiger charge is 2.22. The monoisotopic (exact) mass is 381 g/mol. The Labute approximate surface area is 160 Å². The number of amides is 2. The lowest BCUT2D eigenvalue weighted by molar-refractivity contribution is -0.117. The zero-order valence-electron chi connectivity index (χ0n) is 14.9. The molecule has 6 nitrogen and oxygen atoms in total. The summed E-state index contributed by atoms with van der Waals surface area (Å²) in [6.45, 7) is 3.24. The second-order valence-corrected chi connectivity index (χ2v) is 7.44. The van der Waals surface area contributed by atoms with Crippen LogP contribution in [-0.4, -0.2) is 22.9 Å². The van der Waals surface area contributed by atoms with Crippen molar-refractivity contribution >= 4 is 44.7 Å². The number of carbonyl (C=O) groups excluding carboxylic acids is 2. The number of thiazole rings is 1. The van der Waals surface area contributed by atoms with Gasteiger partial charge in [-0.3, -0.25) is 19.0 Å². The first kappa shape index (κ1) is 17.5. The van der Waals surface area contributed by atoms with Crippen LogP contribution in [0.25, 0.3) is 10.2 Å². The predicted molar refractivity (Wildman–Crippen MR) is 108 cm³/mol. The molecule has 1 N–H and O–H groups in total. The fourth-order valence-corrected chi connectivity index (χ4v) is 4.38. The third-order valence-electron chi connectivity index (χ3n) is 4.74. The van der Waals surface area contributed by atoms with Crippen molar-refractivity contribution in [3.05, 3.63) is 57.7 Å². The van der Waals surface area contributed by atoms with Crippen molar-refractivity contribution in [2.45, 2.75) is 26.3 Å². The van der Waals surface area contributed by atoms with Crippen LogP contribution in [0.5, 0.6) is 0 Å². The van der Waals surface area contributed by atoms with Crippen LogP contribution >= 0.6 is 11.3 Å². The zero-order valence-corrected chi connectivity index (χ0v) is 15.7. The fourth-order valence-electron chi connectivity index (χ4n) is 3.38. The summed E-state index contributed by atoms with van der Waals surface area (Å²) < 4.78 is 2.55. The van der Waals surface area contributed by atoms with Crippen LogP contribution in [0.15, 0.2) is 47.3 Å². The largest absolute Gasteiger partial charge is 0.322 e. The number of rotatable bonds is 4. The highest BCUT2D eigenvalue weighted by atomic mass is 32.1. The quantitative estimate of drug-likeness (QED) is 0.752. The maximum atomic E-state index is 12.6. The number of hydrogen-bond donors (Lipinski definition) is 1. The van der Waals surface area contributed by atoms with E-state index in [-0.39, 0.29) is 16.7 Å². The molecular weight excluding hydrogens is 362 g/mol. The van der Waals surface area contributed by atoms with Gasteiger partial charge in [0.25, 0.3) is 5.91 Å². The van der Waals surface area contributed by atoms with Gasteiger partial charge in [-0.25, -0.2) is 0 Å². The number of carbonyl (C=O) groups is 2. The molecule has 0 atom stereocenters. The standard InChI is InChI=1S/C20H19N3O3S/c1-2-22-16-9-8-14(12-17(16)27-20(22)26)21-19(25)13-5-3-6-15(11-13)23-10-4-7-18(23)24/h3,5-6,8-9,11-12H,2,4,7,10H2,1H3,(H,21,25). The SMILES string of the molecule is CCn1c(=O)sc2cc(NC(=O)c3cccc(N4CCCC4=O)c3)ccc21. The number of nitrogens with one attached hydrogen (secondary N) is 1. The van der Waals surface area contributed by atoms with Gasteiger partial charge in [-0.2, -0.15) is 0 Å². The van der Waals surface area contributed by atoms with Gasteiger partial charge in [-0.15, -0.1) is 0 Å². The number of benzene rings is 2. The van der Waals surface area contributed by atoms with E-state index in [9.17, 15) is 14.4 Å². The van der Waals surface area contributed by atoms with E-state index in [4.69, 9.17) is 0 Å². The second-order valence-electron chi connectivity index (χ2n) is 6.45. The van der Waals surface area contributed by atoms with Gasteiger partial charge in [0.2, 0.25) is 5.91 Å². The van der Waals surface area contributed by atoms with Gasteiger partial charge >= 0.3 is 4.87 Å². The van der Waals surface area contributed by atoms with Crippen molar-refractivity contribution in [3.63, 3.8) is 0 Å². The molecule has 138 valence electrons. The lowest BCUT2D eigenvalue weighted by Crippen LogP contribution is -2.24. The van der Waals surface area contributed by atoms with Crippen molar-refractivity contribution in [2.24, 2.45) is 0 Å². The molecule has 27 heavy (non-hydrogen) atoms. The summed E-state index contributed by atoms with van der Waals surface area (Å²) in [4.78, 5) is 38.3. The number of aryl methyl sites for hydroxylation is 1. The van der Waals surface area contributed by atoms with Crippen LogP contribution in [0.3, 0.4) is 0 Å². The second kappa shape index (κ2) is 7.00.